The van der Waals surface area contributed by atoms with Gasteiger partial charge in [0.05, 0.1) is 42.3 Å². The first-order valence-corrected chi connectivity index (χ1v) is 11.2. The second-order valence-corrected chi connectivity index (χ2v) is 9.00. The van der Waals surface area contributed by atoms with Crippen LogP contribution in [0.1, 0.15) is 4.88 Å². The molecule has 7 nitrogen and oxygen atoms in total. The molecule has 0 spiro atoms. The molecule has 0 unspecified atom stereocenters. The second kappa shape index (κ2) is 8.19. The Kier molecular flexibility index (Phi) is 5.28. The molecule has 2 aliphatic rings. The Bertz CT molecular complexity index is 964. The van der Waals surface area contributed by atoms with Crippen LogP contribution in [0, 0.1) is 0 Å². The van der Waals surface area contributed by atoms with Gasteiger partial charge in [0.1, 0.15) is 12.2 Å². The quantitative estimate of drug-likeness (QED) is 0.628. The molecule has 1 amide bonds. The predicted octanol–water partition coefficient (Wildman–Crippen LogP) is 2.57. The maximum absolute atomic E-state index is 12.3. The van der Waals surface area contributed by atoms with Crippen molar-refractivity contribution in [2.45, 2.75) is 30.7 Å². The van der Waals surface area contributed by atoms with Crippen molar-refractivity contribution in [2.24, 2.45) is 0 Å². The van der Waals surface area contributed by atoms with Gasteiger partial charge >= 0.3 is 0 Å². The molecule has 0 bridgehead atoms. The monoisotopic (exact) mass is 428 g/mol. The first-order valence-electron chi connectivity index (χ1n) is 9.45. The van der Waals surface area contributed by atoms with Gasteiger partial charge in [0, 0.05) is 11.1 Å². The van der Waals surface area contributed by atoms with Crippen molar-refractivity contribution in [3.63, 3.8) is 0 Å². The third-order valence-corrected chi connectivity index (χ3v) is 6.83. The largest absolute Gasteiger partial charge is 0.371 e. The number of rotatable bonds is 6. The molecule has 2 N–H and O–H groups in total. The number of ether oxygens (including phenoxy) is 2. The van der Waals surface area contributed by atoms with Crippen molar-refractivity contribution in [3.8, 4) is 10.6 Å². The molecule has 5 heterocycles. The minimum Gasteiger partial charge on any atom is -0.371 e. The summed E-state index contributed by atoms with van der Waals surface area (Å²) < 4.78 is 11.9. The first kappa shape index (κ1) is 18.7. The van der Waals surface area contributed by atoms with Crippen LogP contribution in [-0.4, -0.2) is 53.4 Å². The lowest BCUT2D eigenvalue weighted by atomic mass is 10.1. The number of amides is 1. The van der Waals surface area contributed by atoms with Crippen LogP contribution in [0.5, 0.6) is 0 Å². The van der Waals surface area contributed by atoms with Crippen LogP contribution in [0.4, 0.5) is 5.95 Å². The van der Waals surface area contributed by atoms with Gasteiger partial charge in [0.15, 0.2) is 0 Å². The summed E-state index contributed by atoms with van der Waals surface area (Å²) >= 11 is 3.23. The highest BCUT2D eigenvalue weighted by atomic mass is 32.1. The molecule has 0 aliphatic carbocycles. The number of carbonyl (C=O) groups excluding carboxylic acids is 1. The Morgan fingerprint density at radius 3 is 2.66 bits per heavy atom. The summed E-state index contributed by atoms with van der Waals surface area (Å²) in [5, 5.41) is 10.4. The van der Waals surface area contributed by atoms with E-state index in [0.29, 0.717) is 25.6 Å². The Labute approximate surface area is 176 Å². The van der Waals surface area contributed by atoms with Crippen molar-refractivity contribution < 1.29 is 14.3 Å². The summed E-state index contributed by atoms with van der Waals surface area (Å²) in [4.78, 5) is 23.4. The SMILES string of the molecule is O=C(Cc1cccs1)N[C@H]1CO[C@H]2[C@@H]1OC[C@@H]2Nc1nccc(-c2cccs2)n1. The molecule has 5 rings (SSSR count). The summed E-state index contributed by atoms with van der Waals surface area (Å²) in [5.41, 5.74) is 0.888. The summed E-state index contributed by atoms with van der Waals surface area (Å²) in [6.45, 7) is 0.930. The normalized spacial score (nSPS) is 25.7. The van der Waals surface area contributed by atoms with Gasteiger partial charge in [-0.25, -0.2) is 9.97 Å². The molecule has 9 heteroatoms. The average Bonchev–Trinajstić information content (AvgIpc) is 3.50. The zero-order valence-electron chi connectivity index (χ0n) is 15.5. The zero-order chi connectivity index (χ0) is 19.6. The predicted molar refractivity (Wildman–Crippen MR) is 112 cm³/mol. The molecule has 3 aromatic rings. The van der Waals surface area contributed by atoms with Crippen LogP contribution in [0.25, 0.3) is 10.6 Å². The zero-order valence-corrected chi connectivity index (χ0v) is 17.1. The minimum absolute atomic E-state index is 0.00584. The van der Waals surface area contributed by atoms with E-state index in [9.17, 15) is 4.79 Å². The molecule has 150 valence electrons. The Morgan fingerprint density at radius 1 is 1.07 bits per heavy atom. The summed E-state index contributed by atoms with van der Waals surface area (Å²) in [7, 11) is 0. The van der Waals surface area contributed by atoms with Gasteiger partial charge in [-0.3, -0.25) is 4.79 Å². The number of nitrogens with zero attached hydrogens (tertiary/aromatic N) is 2. The van der Waals surface area contributed by atoms with E-state index in [2.05, 4.69) is 20.6 Å². The van der Waals surface area contributed by atoms with Gasteiger partial charge in [-0.15, -0.1) is 22.7 Å². The van der Waals surface area contributed by atoms with E-state index in [4.69, 9.17) is 9.47 Å². The second-order valence-electron chi connectivity index (χ2n) is 7.02. The summed E-state index contributed by atoms with van der Waals surface area (Å²) in [6.07, 6.45) is 1.83. The third kappa shape index (κ3) is 4.04. The molecule has 2 saturated heterocycles. The van der Waals surface area contributed by atoms with Crippen LogP contribution < -0.4 is 10.6 Å². The van der Waals surface area contributed by atoms with E-state index >= 15 is 0 Å². The van der Waals surface area contributed by atoms with Gasteiger partial charge in [0.2, 0.25) is 11.9 Å². The lowest BCUT2D eigenvalue weighted by molar-refractivity contribution is -0.121. The molecule has 2 fully saturated rings. The molecule has 0 saturated carbocycles. The summed E-state index contributed by atoms with van der Waals surface area (Å²) in [6, 6.07) is 9.66. The van der Waals surface area contributed by atoms with E-state index in [-0.39, 0.29) is 30.2 Å². The standard InChI is InChI=1S/C20H20N4O3S2/c25-17(9-12-3-1-7-28-12)22-14-10-26-19-15(11-27-18(14)19)24-20-21-6-5-13(23-20)16-4-2-8-29-16/h1-8,14-15,18-19H,9-11H2,(H,22,25)(H,21,23,24)/t14-,15-,18+,19+/m0/s1. The fourth-order valence-electron chi connectivity index (χ4n) is 3.73. The highest BCUT2D eigenvalue weighted by Crippen LogP contribution is 2.29. The van der Waals surface area contributed by atoms with E-state index in [1.165, 1.54) is 0 Å². The smallest absolute Gasteiger partial charge is 0.225 e. The number of carbonyl (C=O) groups is 1. The van der Waals surface area contributed by atoms with Crippen LogP contribution >= 0.6 is 22.7 Å². The Morgan fingerprint density at radius 2 is 1.86 bits per heavy atom. The van der Waals surface area contributed by atoms with Gasteiger partial charge in [-0.05, 0) is 29.0 Å². The number of hydrogen-bond donors (Lipinski definition) is 2. The van der Waals surface area contributed by atoms with E-state index in [0.717, 1.165) is 15.4 Å². The number of anilines is 1. The van der Waals surface area contributed by atoms with Crippen molar-refractivity contribution in [1.29, 1.82) is 0 Å². The highest BCUT2D eigenvalue weighted by Gasteiger charge is 2.48. The van der Waals surface area contributed by atoms with Gasteiger partial charge in [-0.2, -0.15) is 0 Å². The lowest BCUT2D eigenvalue weighted by Gasteiger charge is -2.18. The third-order valence-electron chi connectivity index (χ3n) is 5.06. The molecule has 2 aliphatic heterocycles. The van der Waals surface area contributed by atoms with E-state index in [1.807, 2.05) is 41.1 Å². The van der Waals surface area contributed by atoms with Gasteiger partial charge in [0.25, 0.3) is 0 Å². The Balaban J connectivity index is 1.20. The van der Waals surface area contributed by atoms with Crippen LogP contribution in [0.3, 0.4) is 0 Å². The Hall–Kier alpha value is -2.33. The fraction of sp³-hybridized carbons (Fsp3) is 0.350. The van der Waals surface area contributed by atoms with Crippen molar-refractivity contribution >= 4 is 34.5 Å². The topological polar surface area (TPSA) is 85.4 Å². The molecular weight excluding hydrogens is 408 g/mol. The number of fused-ring (bicyclic) bond motifs is 1. The first-order chi connectivity index (χ1) is 14.3. The minimum atomic E-state index is -0.166. The van der Waals surface area contributed by atoms with Gasteiger partial charge in [-0.1, -0.05) is 12.1 Å². The van der Waals surface area contributed by atoms with E-state index in [1.54, 1.807) is 28.9 Å². The van der Waals surface area contributed by atoms with Crippen molar-refractivity contribution in [2.75, 3.05) is 18.5 Å². The number of thiophene rings is 2. The maximum Gasteiger partial charge on any atom is 0.225 e. The lowest BCUT2D eigenvalue weighted by Crippen LogP contribution is -2.45. The van der Waals surface area contributed by atoms with Gasteiger partial charge < -0.3 is 20.1 Å². The highest BCUT2D eigenvalue weighted by molar-refractivity contribution is 7.13. The number of hydrogen-bond acceptors (Lipinski definition) is 8. The molecular formula is C20H20N4O3S2. The molecule has 0 aromatic carbocycles. The maximum atomic E-state index is 12.3. The summed E-state index contributed by atoms with van der Waals surface area (Å²) in [5.74, 6) is 0.549. The molecule has 4 atom stereocenters. The van der Waals surface area contributed by atoms with Crippen LogP contribution in [0.2, 0.25) is 0 Å². The molecule has 3 aromatic heterocycles. The van der Waals surface area contributed by atoms with E-state index < -0.39 is 0 Å². The van der Waals surface area contributed by atoms with Crippen molar-refractivity contribution in [1.82, 2.24) is 15.3 Å². The van der Waals surface area contributed by atoms with Crippen LogP contribution in [-0.2, 0) is 20.7 Å². The molecule has 0 radical (unpaired) electrons. The average molecular weight is 429 g/mol. The van der Waals surface area contributed by atoms with Crippen molar-refractivity contribution in [3.05, 3.63) is 52.2 Å². The number of aromatic nitrogens is 2. The fourth-order valence-corrected chi connectivity index (χ4v) is 5.13. The molecule has 29 heavy (non-hydrogen) atoms. The number of nitrogens with one attached hydrogen (secondary N) is 2. The van der Waals surface area contributed by atoms with Crippen LogP contribution in [0.15, 0.2) is 47.3 Å².